The third-order valence-electron chi connectivity index (χ3n) is 2.50. The summed E-state index contributed by atoms with van der Waals surface area (Å²) in [6.07, 6.45) is 1.82. The van der Waals surface area contributed by atoms with Crippen molar-refractivity contribution in [2.24, 2.45) is 0 Å². The predicted molar refractivity (Wildman–Crippen MR) is 82.2 cm³/mol. The van der Waals surface area contributed by atoms with Gasteiger partial charge in [0.25, 0.3) is 5.69 Å². The van der Waals surface area contributed by atoms with Crippen molar-refractivity contribution >= 4 is 23.1 Å². The Hall–Kier alpha value is -1.89. The lowest BCUT2D eigenvalue weighted by molar-refractivity contribution is -0.384. The Bertz CT molecular complexity index is 480. The van der Waals surface area contributed by atoms with Crippen LogP contribution in [0.3, 0.4) is 0 Å². The van der Waals surface area contributed by atoms with E-state index in [9.17, 15) is 10.1 Å². The summed E-state index contributed by atoms with van der Waals surface area (Å²) in [6.45, 7) is 4.25. The number of benzene rings is 1. The first-order chi connectivity index (χ1) is 9.63. The second-order valence-electron chi connectivity index (χ2n) is 3.77. The molecule has 0 saturated heterocycles. The first-order valence-electron chi connectivity index (χ1n) is 5.97. The van der Waals surface area contributed by atoms with Gasteiger partial charge in [-0.25, -0.2) is 0 Å². The van der Waals surface area contributed by atoms with Gasteiger partial charge in [0.15, 0.2) is 11.5 Å². The van der Waals surface area contributed by atoms with Crippen molar-refractivity contribution in [2.75, 3.05) is 37.6 Å². The highest BCUT2D eigenvalue weighted by molar-refractivity contribution is 7.99. The maximum Gasteiger partial charge on any atom is 0.296 e. The predicted octanol–water partition coefficient (Wildman–Crippen LogP) is 2.94. The van der Waals surface area contributed by atoms with E-state index in [1.54, 1.807) is 17.8 Å². The summed E-state index contributed by atoms with van der Waals surface area (Å²) in [6, 6.07) is 2.94. The number of anilines is 1. The van der Waals surface area contributed by atoms with Gasteiger partial charge in [0.1, 0.15) is 5.69 Å². The van der Waals surface area contributed by atoms with Gasteiger partial charge in [-0.05, 0) is 0 Å². The van der Waals surface area contributed by atoms with Crippen molar-refractivity contribution in [3.8, 4) is 11.5 Å². The van der Waals surface area contributed by atoms with Gasteiger partial charge in [-0.15, -0.1) is 6.58 Å². The van der Waals surface area contributed by atoms with E-state index in [2.05, 4.69) is 11.9 Å². The third-order valence-corrected chi connectivity index (χ3v) is 3.46. The first-order valence-corrected chi connectivity index (χ1v) is 7.12. The number of nitro benzene ring substituents is 1. The highest BCUT2D eigenvalue weighted by Crippen LogP contribution is 2.37. The lowest BCUT2D eigenvalue weighted by Gasteiger charge is -2.11. The summed E-state index contributed by atoms with van der Waals surface area (Å²) in [5, 5.41) is 14.1. The summed E-state index contributed by atoms with van der Waals surface area (Å²) < 4.78 is 10.2. The van der Waals surface area contributed by atoms with Crippen LogP contribution < -0.4 is 14.8 Å². The number of nitrogens with one attached hydrogen (secondary N) is 1. The van der Waals surface area contributed by atoms with Crippen molar-refractivity contribution in [1.82, 2.24) is 0 Å². The minimum absolute atomic E-state index is 0.0311. The van der Waals surface area contributed by atoms with Gasteiger partial charge in [-0.1, -0.05) is 6.08 Å². The summed E-state index contributed by atoms with van der Waals surface area (Å²) in [4.78, 5) is 10.6. The number of hydrogen-bond donors (Lipinski definition) is 1. The van der Waals surface area contributed by atoms with Crippen LogP contribution in [0.5, 0.6) is 11.5 Å². The second-order valence-corrected chi connectivity index (χ2v) is 4.92. The van der Waals surface area contributed by atoms with Crippen LogP contribution in [-0.2, 0) is 0 Å². The Morgan fingerprint density at radius 1 is 1.40 bits per heavy atom. The first kappa shape index (κ1) is 16.2. The lowest BCUT2D eigenvalue weighted by atomic mass is 10.2. The van der Waals surface area contributed by atoms with Crippen LogP contribution in [0.4, 0.5) is 11.4 Å². The molecular formula is C13H18N2O4S. The zero-order valence-corrected chi connectivity index (χ0v) is 12.4. The van der Waals surface area contributed by atoms with Gasteiger partial charge in [-0.2, -0.15) is 11.8 Å². The largest absolute Gasteiger partial charge is 0.493 e. The molecular weight excluding hydrogens is 280 g/mol. The number of nitrogens with zero attached hydrogens (tertiary/aromatic N) is 1. The van der Waals surface area contributed by atoms with Crippen molar-refractivity contribution in [1.29, 1.82) is 0 Å². The minimum Gasteiger partial charge on any atom is -0.493 e. The molecule has 110 valence electrons. The quantitative estimate of drug-likeness (QED) is 0.327. The van der Waals surface area contributed by atoms with Crippen molar-refractivity contribution in [2.45, 2.75) is 0 Å². The van der Waals surface area contributed by atoms with E-state index in [0.717, 1.165) is 11.5 Å². The van der Waals surface area contributed by atoms with Crippen LogP contribution in [0.15, 0.2) is 24.8 Å². The lowest BCUT2D eigenvalue weighted by Crippen LogP contribution is -2.07. The molecule has 0 aliphatic rings. The zero-order valence-electron chi connectivity index (χ0n) is 11.5. The number of rotatable bonds is 9. The number of ether oxygens (including phenoxy) is 2. The molecule has 0 spiro atoms. The molecule has 0 atom stereocenters. The van der Waals surface area contributed by atoms with Gasteiger partial charge >= 0.3 is 0 Å². The maximum atomic E-state index is 11.1. The Balaban J connectivity index is 2.86. The number of nitro groups is 1. The molecule has 6 nitrogen and oxygen atoms in total. The van der Waals surface area contributed by atoms with E-state index < -0.39 is 4.92 Å². The number of thioether (sulfide) groups is 1. The highest BCUT2D eigenvalue weighted by atomic mass is 32.2. The molecule has 1 N–H and O–H groups in total. The van der Waals surface area contributed by atoms with E-state index in [1.807, 2.05) is 6.08 Å². The molecule has 0 amide bonds. The molecule has 20 heavy (non-hydrogen) atoms. The highest BCUT2D eigenvalue weighted by Gasteiger charge is 2.19. The average molecular weight is 298 g/mol. The molecule has 0 bridgehead atoms. The SMILES string of the molecule is C=CCSCCNc1cc(OC)c(OC)cc1[N+](=O)[O-]. The van der Waals surface area contributed by atoms with E-state index in [4.69, 9.17) is 9.47 Å². The van der Waals surface area contributed by atoms with Crippen molar-refractivity contribution < 1.29 is 14.4 Å². The van der Waals surface area contributed by atoms with Crippen molar-refractivity contribution in [3.05, 3.63) is 34.9 Å². The molecule has 0 unspecified atom stereocenters. The minimum atomic E-state index is -0.443. The van der Waals surface area contributed by atoms with Crippen LogP contribution in [0.1, 0.15) is 0 Å². The summed E-state index contributed by atoms with van der Waals surface area (Å²) >= 11 is 1.70. The summed E-state index contributed by atoms with van der Waals surface area (Å²) in [5.41, 5.74) is 0.392. The molecule has 0 radical (unpaired) electrons. The zero-order chi connectivity index (χ0) is 15.0. The number of hydrogen-bond acceptors (Lipinski definition) is 6. The molecule has 0 aromatic heterocycles. The fraction of sp³-hybridized carbons (Fsp3) is 0.385. The molecule has 7 heteroatoms. The Labute approximate surface area is 122 Å². The third kappa shape index (κ3) is 4.34. The van der Waals surface area contributed by atoms with E-state index in [1.165, 1.54) is 20.3 Å². The van der Waals surface area contributed by atoms with E-state index in [0.29, 0.717) is 23.7 Å². The monoisotopic (exact) mass is 298 g/mol. The van der Waals surface area contributed by atoms with Gasteiger partial charge in [0, 0.05) is 24.1 Å². The molecule has 0 aliphatic carbocycles. The van der Waals surface area contributed by atoms with Crippen LogP contribution in [0.25, 0.3) is 0 Å². The second kappa shape index (κ2) is 8.31. The normalized spacial score (nSPS) is 9.90. The van der Waals surface area contributed by atoms with Crippen molar-refractivity contribution in [3.63, 3.8) is 0 Å². The Kier molecular flexibility index (Phi) is 6.72. The van der Waals surface area contributed by atoms with E-state index in [-0.39, 0.29) is 5.69 Å². The van der Waals surface area contributed by atoms with E-state index >= 15 is 0 Å². The van der Waals surface area contributed by atoms with Crippen LogP contribution in [-0.4, -0.2) is 37.2 Å². The van der Waals surface area contributed by atoms with Gasteiger partial charge in [0.05, 0.1) is 25.2 Å². The van der Waals surface area contributed by atoms with Gasteiger partial charge in [-0.3, -0.25) is 10.1 Å². The Morgan fingerprint density at radius 2 is 2.05 bits per heavy atom. The van der Waals surface area contributed by atoms with Crippen LogP contribution >= 0.6 is 11.8 Å². The van der Waals surface area contributed by atoms with Gasteiger partial charge < -0.3 is 14.8 Å². The average Bonchev–Trinajstić information content (AvgIpc) is 2.46. The molecule has 0 aliphatic heterocycles. The molecule has 0 fully saturated rings. The molecule has 0 heterocycles. The molecule has 1 aromatic rings. The van der Waals surface area contributed by atoms with Crippen LogP contribution in [0.2, 0.25) is 0 Å². The summed E-state index contributed by atoms with van der Waals surface area (Å²) in [7, 11) is 2.94. The Morgan fingerprint density at radius 3 is 2.60 bits per heavy atom. The van der Waals surface area contributed by atoms with Crippen LogP contribution in [0, 0.1) is 10.1 Å². The molecule has 1 rings (SSSR count). The fourth-order valence-electron chi connectivity index (χ4n) is 1.59. The fourth-order valence-corrected chi connectivity index (χ4v) is 2.17. The smallest absolute Gasteiger partial charge is 0.296 e. The van der Waals surface area contributed by atoms with Gasteiger partial charge in [0.2, 0.25) is 0 Å². The standard InChI is InChI=1S/C13H18N2O4S/c1-4-6-20-7-5-14-10-8-12(18-2)13(19-3)9-11(10)15(16)17/h4,8-9,14H,1,5-7H2,2-3H3. The molecule has 1 aromatic carbocycles. The summed E-state index contributed by atoms with van der Waals surface area (Å²) in [5.74, 6) is 2.48. The number of methoxy groups -OCH3 is 2. The molecule has 0 saturated carbocycles. The topological polar surface area (TPSA) is 73.6 Å². The maximum absolute atomic E-state index is 11.1.